The Morgan fingerprint density at radius 2 is 1.93 bits per heavy atom. The number of nitrogens with one attached hydrogen (secondary N) is 2. The molecule has 150 valence electrons. The second-order valence-corrected chi connectivity index (χ2v) is 8.88. The number of carbonyl (C=O) groups is 2. The van der Waals surface area contributed by atoms with E-state index in [-0.39, 0.29) is 34.2 Å². The zero-order valence-corrected chi connectivity index (χ0v) is 17.0. The second-order valence-electron chi connectivity index (χ2n) is 7.87. The SMILES string of the molecule is CC(C)(C)NC(=O)N1CCC[C@H](c2nnc(C(=O)Nc3ccc(F)cc3)s2)C1. The number of likely N-dealkylation sites (tertiary alicyclic amines) is 1. The molecule has 1 aromatic heterocycles. The first-order valence-corrected chi connectivity index (χ1v) is 10.0. The number of aromatic nitrogens is 2. The Morgan fingerprint density at radius 3 is 2.61 bits per heavy atom. The summed E-state index contributed by atoms with van der Waals surface area (Å²) in [5.41, 5.74) is 0.198. The van der Waals surface area contributed by atoms with Crippen LogP contribution in [0.5, 0.6) is 0 Å². The van der Waals surface area contributed by atoms with E-state index in [0.29, 0.717) is 18.8 Å². The molecule has 3 amide bonds. The molecule has 0 aliphatic carbocycles. The highest BCUT2D eigenvalue weighted by Crippen LogP contribution is 2.29. The van der Waals surface area contributed by atoms with Crippen LogP contribution in [0, 0.1) is 5.82 Å². The van der Waals surface area contributed by atoms with E-state index >= 15 is 0 Å². The van der Waals surface area contributed by atoms with Crippen molar-refractivity contribution >= 4 is 29.0 Å². The van der Waals surface area contributed by atoms with E-state index in [1.807, 2.05) is 20.8 Å². The molecule has 1 aliphatic heterocycles. The third-order valence-corrected chi connectivity index (χ3v) is 5.36. The normalized spacial score (nSPS) is 17.3. The van der Waals surface area contributed by atoms with Crippen LogP contribution in [0.25, 0.3) is 0 Å². The summed E-state index contributed by atoms with van der Waals surface area (Å²) >= 11 is 1.23. The summed E-state index contributed by atoms with van der Waals surface area (Å²) in [5, 5.41) is 14.8. The molecule has 1 aliphatic rings. The Hall–Kier alpha value is -2.55. The predicted molar refractivity (Wildman–Crippen MR) is 106 cm³/mol. The van der Waals surface area contributed by atoms with E-state index in [1.54, 1.807) is 4.90 Å². The number of piperidine rings is 1. The van der Waals surface area contributed by atoms with E-state index in [4.69, 9.17) is 0 Å². The van der Waals surface area contributed by atoms with Crippen molar-refractivity contribution in [2.24, 2.45) is 0 Å². The summed E-state index contributed by atoms with van der Waals surface area (Å²) in [6.45, 7) is 7.10. The summed E-state index contributed by atoms with van der Waals surface area (Å²) in [6, 6.07) is 5.45. The van der Waals surface area contributed by atoms with Crippen LogP contribution in [-0.2, 0) is 0 Å². The quantitative estimate of drug-likeness (QED) is 0.817. The van der Waals surface area contributed by atoms with Crippen molar-refractivity contribution in [1.29, 1.82) is 0 Å². The van der Waals surface area contributed by atoms with Crippen LogP contribution >= 0.6 is 11.3 Å². The van der Waals surface area contributed by atoms with Gasteiger partial charge in [0, 0.05) is 30.2 Å². The van der Waals surface area contributed by atoms with E-state index in [9.17, 15) is 14.0 Å². The Balaban J connectivity index is 1.63. The van der Waals surface area contributed by atoms with Gasteiger partial charge in [-0.05, 0) is 57.9 Å². The van der Waals surface area contributed by atoms with E-state index < -0.39 is 0 Å². The minimum absolute atomic E-state index is 0.0596. The maximum Gasteiger partial charge on any atom is 0.317 e. The predicted octanol–water partition coefficient (Wildman–Crippen LogP) is 3.62. The number of hydrogen-bond donors (Lipinski definition) is 2. The number of anilines is 1. The molecule has 0 saturated carbocycles. The number of nitrogens with zero attached hydrogens (tertiary/aromatic N) is 3. The minimum atomic E-state index is -0.381. The van der Waals surface area contributed by atoms with Crippen LogP contribution in [-0.4, -0.2) is 45.7 Å². The molecular weight excluding hydrogens is 381 g/mol. The second kappa shape index (κ2) is 8.22. The highest BCUT2D eigenvalue weighted by Gasteiger charge is 2.29. The van der Waals surface area contributed by atoms with Crippen LogP contribution in [0.15, 0.2) is 24.3 Å². The topological polar surface area (TPSA) is 87.2 Å². The molecule has 1 saturated heterocycles. The number of hydrogen-bond acceptors (Lipinski definition) is 5. The van der Waals surface area contributed by atoms with Crippen LogP contribution in [0.4, 0.5) is 14.9 Å². The molecule has 0 unspecified atom stereocenters. The van der Waals surface area contributed by atoms with Crippen LogP contribution in [0.1, 0.15) is 54.3 Å². The van der Waals surface area contributed by atoms with Gasteiger partial charge >= 0.3 is 6.03 Å². The van der Waals surface area contributed by atoms with Crippen molar-refractivity contribution in [2.75, 3.05) is 18.4 Å². The molecule has 2 N–H and O–H groups in total. The fraction of sp³-hybridized carbons (Fsp3) is 0.474. The first kappa shape index (κ1) is 20.2. The van der Waals surface area contributed by atoms with Gasteiger partial charge in [0.2, 0.25) is 5.01 Å². The molecule has 1 aromatic carbocycles. The first-order chi connectivity index (χ1) is 13.2. The lowest BCUT2D eigenvalue weighted by Gasteiger charge is -2.34. The first-order valence-electron chi connectivity index (χ1n) is 9.19. The van der Waals surface area contributed by atoms with Crippen molar-refractivity contribution in [1.82, 2.24) is 20.4 Å². The Labute approximate surface area is 167 Å². The van der Waals surface area contributed by atoms with Crippen LogP contribution in [0.2, 0.25) is 0 Å². The van der Waals surface area contributed by atoms with Gasteiger partial charge in [0.15, 0.2) is 0 Å². The van der Waals surface area contributed by atoms with Crippen molar-refractivity contribution in [3.8, 4) is 0 Å². The van der Waals surface area contributed by atoms with Gasteiger partial charge in [-0.3, -0.25) is 4.79 Å². The lowest BCUT2D eigenvalue weighted by molar-refractivity contribution is 0.102. The molecule has 2 aromatic rings. The number of halogens is 1. The number of rotatable bonds is 3. The third-order valence-electron chi connectivity index (χ3n) is 4.28. The molecule has 0 bridgehead atoms. The van der Waals surface area contributed by atoms with E-state index in [0.717, 1.165) is 17.8 Å². The smallest absolute Gasteiger partial charge is 0.317 e. The molecule has 3 rings (SSSR count). The molecular formula is C19H24FN5O2S. The molecule has 0 radical (unpaired) electrons. The monoisotopic (exact) mass is 405 g/mol. The number of amides is 3. The maximum absolute atomic E-state index is 13.0. The minimum Gasteiger partial charge on any atom is -0.333 e. The van der Waals surface area contributed by atoms with Gasteiger partial charge in [-0.1, -0.05) is 11.3 Å². The van der Waals surface area contributed by atoms with Crippen molar-refractivity contribution in [2.45, 2.75) is 45.1 Å². The molecule has 1 fully saturated rings. The lowest BCUT2D eigenvalue weighted by Crippen LogP contribution is -2.51. The molecule has 1 atom stereocenters. The largest absolute Gasteiger partial charge is 0.333 e. The van der Waals surface area contributed by atoms with Crippen molar-refractivity contribution in [3.05, 3.63) is 40.1 Å². The summed E-state index contributed by atoms with van der Waals surface area (Å²) in [5.74, 6) is -0.689. The molecule has 9 heteroatoms. The molecule has 7 nitrogen and oxygen atoms in total. The fourth-order valence-electron chi connectivity index (χ4n) is 2.97. The maximum atomic E-state index is 13.0. The Morgan fingerprint density at radius 1 is 1.21 bits per heavy atom. The standard InChI is InChI=1S/C19H24FN5O2S/c1-19(2,3)22-18(27)25-10-4-5-12(11-25)16-23-24-17(28-16)15(26)21-14-8-6-13(20)7-9-14/h6-9,12H,4-5,10-11H2,1-3H3,(H,21,26)(H,22,27)/t12-/m0/s1. The van der Waals surface area contributed by atoms with Gasteiger partial charge < -0.3 is 15.5 Å². The molecule has 2 heterocycles. The van der Waals surface area contributed by atoms with Crippen LogP contribution in [0.3, 0.4) is 0 Å². The average Bonchev–Trinajstić information content (AvgIpc) is 3.13. The number of urea groups is 1. The van der Waals surface area contributed by atoms with Gasteiger partial charge in [0.1, 0.15) is 10.8 Å². The Bertz CT molecular complexity index is 847. The third kappa shape index (κ3) is 5.25. The van der Waals surface area contributed by atoms with E-state index in [1.165, 1.54) is 35.6 Å². The van der Waals surface area contributed by atoms with Crippen molar-refractivity contribution < 1.29 is 14.0 Å². The van der Waals surface area contributed by atoms with Crippen molar-refractivity contribution in [3.63, 3.8) is 0 Å². The lowest BCUT2D eigenvalue weighted by atomic mass is 9.99. The highest BCUT2D eigenvalue weighted by atomic mass is 32.1. The molecule has 28 heavy (non-hydrogen) atoms. The van der Waals surface area contributed by atoms with Gasteiger partial charge in [0.05, 0.1) is 0 Å². The van der Waals surface area contributed by atoms with Gasteiger partial charge in [-0.15, -0.1) is 10.2 Å². The number of carbonyl (C=O) groups excluding carboxylic acids is 2. The zero-order valence-electron chi connectivity index (χ0n) is 16.2. The van der Waals surface area contributed by atoms with Crippen LogP contribution < -0.4 is 10.6 Å². The van der Waals surface area contributed by atoms with E-state index in [2.05, 4.69) is 20.8 Å². The summed E-state index contributed by atoms with van der Waals surface area (Å²) < 4.78 is 13.0. The van der Waals surface area contributed by atoms with Gasteiger partial charge in [0.25, 0.3) is 5.91 Å². The molecule has 0 spiro atoms. The van der Waals surface area contributed by atoms with Gasteiger partial charge in [-0.25, -0.2) is 9.18 Å². The summed E-state index contributed by atoms with van der Waals surface area (Å²) in [6.07, 6.45) is 1.77. The average molecular weight is 405 g/mol. The zero-order chi connectivity index (χ0) is 20.3. The summed E-state index contributed by atoms with van der Waals surface area (Å²) in [4.78, 5) is 26.6. The highest BCUT2D eigenvalue weighted by molar-refractivity contribution is 7.13. The fourth-order valence-corrected chi connectivity index (χ4v) is 3.84. The van der Waals surface area contributed by atoms with Gasteiger partial charge in [-0.2, -0.15) is 0 Å². The Kier molecular flexibility index (Phi) is 5.93. The number of benzene rings is 1. The summed E-state index contributed by atoms with van der Waals surface area (Å²) in [7, 11) is 0.